The number of rotatable bonds is 7. The van der Waals surface area contributed by atoms with E-state index in [0.29, 0.717) is 25.1 Å². The van der Waals surface area contributed by atoms with Gasteiger partial charge >= 0.3 is 12.1 Å². The van der Waals surface area contributed by atoms with Crippen molar-refractivity contribution in [3.8, 4) is 6.07 Å². The Morgan fingerprint density at radius 3 is 2.79 bits per heavy atom. The van der Waals surface area contributed by atoms with Gasteiger partial charge in [-0.15, -0.1) is 0 Å². The highest BCUT2D eigenvalue weighted by Crippen LogP contribution is 2.33. The van der Waals surface area contributed by atoms with E-state index in [1.54, 1.807) is 12.1 Å². The highest BCUT2D eigenvalue weighted by atomic mass is 32.2. The minimum Gasteiger partial charge on any atom is -0.447 e. The molecular formula is C21H26FN3O7S. The number of nitriles is 1. The number of amides is 1. The minimum atomic E-state index is -4.18. The Morgan fingerprint density at radius 2 is 2.18 bits per heavy atom. The lowest BCUT2D eigenvalue weighted by molar-refractivity contribution is -0.151. The fourth-order valence-corrected chi connectivity index (χ4v) is 4.66. The maximum atomic E-state index is 15.0. The number of nitrogens with zero attached hydrogens (tertiary/aromatic N) is 3. The Kier molecular flexibility index (Phi) is 7.44. The van der Waals surface area contributed by atoms with Gasteiger partial charge in [0, 0.05) is 19.0 Å². The summed E-state index contributed by atoms with van der Waals surface area (Å²) in [5.74, 6) is -1.88. The van der Waals surface area contributed by atoms with E-state index in [9.17, 15) is 18.0 Å². The molecule has 2 aliphatic rings. The average Bonchev–Trinajstić information content (AvgIpc) is 3.12. The number of carbonyl (C=O) groups excluding carboxylic acids is 2. The Morgan fingerprint density at radius 1 is 1.45 bits per heavy atom. The zero-order chi connectivity index (χ0) is 24.3. The molecule has 12 heteroatoms. The van der Waals surface area contributed by atoms with Crippen LogP contribution in [0.5, 0.6) is 0 Å². The van der Waals surface area contributed by atoms with Gasteiger partial charge in [0.2, 0.25) is 0 Å². The van der Waals surface area contributed by atoms with Gasteiger partial charge in [0.25, 0.3) is 10.1 Å². The quantitative estimate of drug-likeness (QED) is 0.458. The van der Waals surface area contributed by atoms with Crippen molar-refractivity contribution in [1.29, 1.82) is 5.26 Å². The standard InChI is InChI=1S/C21H26FN3O7S/c1-13-9-15(20(26)31-14(2)11-23)5-7-24(13)19-4-3-16(10-18(19)22)25-12-17(32-21(25)27)6-8-33(28,29)30/h3-4,10,13-15,17H,5-9,12H2,1-2H3,(H,28,29,30)/t13?,14?,15?,17-/m1/s1. The van der Waals surface area contributed by atoms with Crippen molar-refractivity contribution in [2.45, 2.75) is 51.4 Å². The molecule has 1 aromatic carbocycles. The molecule has 3 rings (SSSR count). The summed E-state index contributed by atoms with van der Waals surface area (Å²) in [6, 6.07) is 6.04. The number of hydrogen-bond donors (Lipinski definition) is 1. The molecule has 3 unspecified atom stereocenters. The molecule has 4 atom stereocenters. The van der Waals surface area contributed by atoms with Crippen molar-refractivity contribution in [1.82, 2.24) is 0 Å². The number of anilines is 2. The second kappa shape index (κ2) is 9.93. The number of hydrogen-bond acceptors (Lipinski definition) is 8. The first-order valence-corrected chi connectivity index (χ1v) is 12.2. The zero-order valence-corrected chi connectivity index (χ0v) is 19.1. The smallest absolute Gasteiger partial charge is 0.414 e. The van der Waals surface area contributed by atoms with E-state index in [2.05, 4.69) is 0 Å². The van der Waals surface area contributed by atoms with Gasteiger partial charge in [-0.3, -0.25) is 14.2 Å². The lowest BCUT2D eigenvalue weighted by Crippen LogP contribution is -2.44. The number of esters is 1. The molecule has 180 valence electrons. The second-order valence-electron chi connectivity index (χ2n) is 8.30. The summed E-state index contributed by atoms with van der Waals surface area (Å²) in [6.45, 7) is 3.83. The SMILES string of the molecule is CC(C#N)OC(=O)C1CCN(c2ccc(N3C[C@@H](CCS(=O)(=O)O)OC3=O)cc2F)C(C)C1. The predicted octanol–water partition coefficient (Wildman–Crippen LogP) is 2.49. The summed E-state index contributed by atoms with van der Waals surface area (Å²) in [5.41, 5.74) is 0.603. The first-order valence-electron chi connectivity index (χ1n) is 10.6. The molecule has 2 heterocycles. The molecule has 1 aromatic rings. The van der Waals surface area contributed by atoms with E-state index in [4.69, 9.17) is 19.3 Å². The lowest BCUT2D eigenvalue weighted by atomic mass is 9.91. The summed E-state index contributed by atoms with van der Waals surface area (Å²) in [7, 11) is -4.18. The maximum absolute atomic E-state index is 15.0. The molecule has 10 nitrogen and oxygen atoms in total. The van der Waals surface area contributed by atoms with E-state index >= 15 is 4.39 Å². The monoisotopic (exact) mass is 483 g/mol. The number of cyclic esters (lactones) is 1. The van der Waals surface area contributed by atoms with Crippen LogP contribution in [0, 0.1) is 23.1 Å². The van der Waals surface area contributed by atoms with Gasteiger partial charge in [-0.2, -0.15) is 13.7 Å². The molecular weight excluding hydrogens is 457 g/mol. The third kappa shape index (κ3) is 6.11. The fourth-order valence-electron chi connectivity index (χ4n) is 4.10. The van der Waals surface area contributed by atoms with Gasteiger partial charge in [-0.1, -0.05) is 0 Å². The van der Waals surface area contributed by atoms with Crippen molar-refractivity contribution in [2.75, 3.05) is 28.6 Å². The van der Waals surface area contributed by atoms with Crippen LogP contribution >= 0.6 is 0 Å². The summed E-state index contributed by atoms with van der Waals surface area (Å²) in [6.07, 6.45) is -1.43. The van der Waals surface area contributed by atoms with Crippen molar-refractivity contribution in [2.24, 2.45) is 5.92 Å². The molecule has 1 N–H and O–H groups in total. The molecule has 0 radical (unpaired) electrons. The van der Waals surface area contributed by atoms with Crippen LogP contribution in [0.3, 0.4) is 0 Å². The van der Waals surface area contributed by atoms with E-state index < -0.39 is 46.0 Å². The Labute approximate surface area is 191 Å². The van der Waals surface area contributed by atoms with Gasteiger partial charge < -0.3 is 14.4 Å². The van der Waals surface area contributed by atoms with Gasteiger partial charge in [-0.25, -0.2) is 9.18 Å². The summed E-state index contributed by atoms with van der Waals surface area (Å²) in [5, 5.41) is 8.80. The highest BCUT2D eigenvalue weighted by Gasteiger charge is 2.35. The Hall–Kier alpha value is -2.91. The largest absolute Gasteiger partial charge is 0.447 e. The molecule has 1 amide bonds. The van der Waals surface area contributed by atoms with E-state index in [1.807, 2.05) is 17.9 Å². The van der Waals surface area contributed by atoms with E-state index in [-0.39, 0.29) is 30.6 Å². The van der Waals surface area contributed by atoms with Crippen molar-refractivity contribution < 1.29 is 36.4 Å². The first kappa shape index (κ1) is 24.7. The van der Waals surface area contributed by atoms with E-state index in [1.165, 1.54) is 17.9 Å². The molecule has 0 spiro atoms. The van der Waals surface area contributed by atoms with Crippen molar-refractivity contribution in [3.05, 3.63) is 24.0 Å². The molecule has 0 aromatic heterocycles. The third-order valence-corrected chi connectivity index (χ3v) is 6.56. The number of ether oxygens (including phenoxy) is 2. The number of halogens is 1. The van der Waals surface area contributed by atoms with Gasteiger partial charge in [0.1, 0.15) is 18.0 Å². The van der Waals surface area contributed by atoms with Crippen LogP contribution in [-0.2, 0) is 24.4 Å². The molecule has 0 saturated carbocycles. The molecule has 0 bridgehead atoms. The third-order valence-electron chi connectivity index (χ3n) is 5.81. The van der Waals surface area contributed by atoms with Crippen LogP contribution in [0.15, 0.2) is 18.2 Å². The highest BCUT2D eigenvalue weighted by molar-refractivity contribution is 7.85. The van der Waals surface area contributed by atoms with Crippen LogP contribution < -0.4 is 9.80 Å². The van der Waals surface area contributed by atoms with Crippen LogP contribution in [0.25, 0.3) is 0 Å². The van der Waals surface area contributed by atoms with E-state index in [0.717, 1.165) is 0 Å². The topological polar surface area (TPSA) is 137 Å². The number of carbonyl (C=O) groups is 2. The Bertz CT molecular complexity index is 1060. The lowest BCUT2D eigenvalue weighted by Gasteiger charge is -2.38. The van der Waals surface area contributed by atoms with Crippen LogP contribution in [-0.4, -0.2) is 62.1 Å². The molecule has 0 aliphatic carbocycles. The Balaban J connectivity index is 1.65. The number of piperidine rings is 1. The maximum Gasteiger partial charge on any atom is 0.414 e. The van der Waals surface area contributed by atoms with Gasteiger partial charge in [0.05, 0.1) is 29.6 Å². The first-order chi connectivity index (χ1) is 15.5. The molecule has 2 aliphatic heterocycles. The van der Waals surface area contributed by atoms with Crippen LogP contribution in [0.4, 0.5) is 20.6 Å². The average molecular weight is 484 g/mol. The second-order valence-corrected chi connectivity index (χ2v) is 9.87. The molecule has 2 saturated heterocycles. The van der Waals surface area contributed by atoms with Crippen molar-refractivity contribution >= 4 is 33.6 Å². The predicted molar refractivity (Wildman–Crippen MR) is 116 cm³/mol. The summed E-state index contributed by atoms with van der Waals surface area (Å²) in [4.78, 5) is 27.4. The van der Waals surface area contributed by atoms with Gasteiger partial charge in [-0.05, 0) is 44.9 Å². The van der Waals surface area contributed by atoms with Gasteiger partial charge in [0.15, 0.2) is 6.10 Å². The summed E-state index contributed by atoms with van der Waals surface area (Å²) >= 11 is 0. The molecule has 33 heavy (non-hydrogen) atoms. The number of benzene rings is 1. The summed E-state index contributed by atoms with van der Waals surface area (Å²) < 4.78 is 55.9. The van der Waals surface area contributed by atoms with Crippen LogP contribution in [0.2, 0.25) is 0 Å². The zero-order valence-electron chi connectivity index (χ0n) is 18.3. The normalized spacial score (nSPS) is 24.2. The van der Waals surface area contributed by atoms with Crippen LogP contribution in [0.1, 0.15) is 33.1 Å². The van der Waals surface area contributed by atoms with Crippen molar-refractivity contribution in [3.63, 3.8) is 0 Å². The fraction of sp³-hybridized carbons (Fsp3) is 0.571. The minimum absolute atomic E-state index is 0.0398. The molecule has 2 fully saturated rings.